The number of nitrogens with one attached hydrogen (secondary N) is 3. The molecule has 0 radical (unpaired) electrons. The van der Waals surface area contributed by atoms with Crippen molar-refractivity contribution < 1.29 is 9.59 Å². The Morgan fingerprint density at radius 1 is 0.789 bits per heavy atom. The number of hydrogen-bond donors (Lipinski definition) is 3. The van der Waals surface area contributed by atoms with Crippen molar-refractivity contribution in [3.05, 3.63) is 54.1 Å². The van der Waals surface area contributed by atoms with Crippen molar-refractivity contribution in [2.24, 2.45) is 23.2 Å². The zero-order valence-electron chi connectivity index (χ0n) is 22.2. The molecule has 5 aliphatic carbocycles. The van der Waals surface area contributed by atoms with Gasteiger partial charge in [0.05, 0.1) is 5.41 Å². The topological polar surface area (TPSA) is 74.0 Å². The molecule has 1 heterocycles. The second-order valence-electron chi connectivity index (χ2n) is 12.9. The minimum atomic E-state index is -0.134. The maximum absolute atomic E-state index is 13.4. The van der Waals surface area contributed by atoms with Gasteiger partial charge in [-0.05, 0) is 111 Å². The number of H-pyrrole nitrogens is 1. The van der Waals surface area contributed by atoms with Crippen LogP contribution in [0.5, 0.6) is 0 Å². The Balaban J connectivity index is 1.03. The molecule has 198 valence electrons. The Morgan fingerprint density at radius 2 is 1.45 bits per heavy atom. The standard InChI is InChI=1S/C33H39N3O2/c37-31(34-27-5-3-1-2-4-6-27)25-9-12-29-26(16-25)17-30(36-29)24-7-10-28(11-8-24)35-32(38)33-18-21-13-22(19-33)15-23(14-21)20-33/h7-12,16-17,21-23,27,36H,1-6,13-15,18-20H2,(H,34,37)(H,35,38). The Morgan fingerprint density at radius 3 is 2.11 bits per heavy atom. The predicted molar refractivity (Wildman–Crippen MR) is 152 cm³/mol. The van der Waals surface area contributed by atoms with Crippen molar-refractivity contribution >= 4 is 28.4 Å². The summed E-state index contributed by atoms with van der Waals surface area (Å²) in [4.78, 5) is 29.8. The van der Waals surface area contributed by atoms with Crippen LogP contribution in [-0.4, -0.2) is 22.8 Å². The second kappa shape index (κ2) is 9.59. The summed E-state index contributed by atoms with van der Waals surface area (Å²) in [5.41, 5.74) is 4.56. The van der Waals surface area contributed by atoms with Crippen LogP contribution in [0.4, 0.5) is 5.69 Å². The number of carbonyl (C=O) groups excluding carboxylic acids is 2. The van der Waals surface area contributed by atoms with Crippen molar-refractivity contribution in [1.82, 2.24) is 10.3 Å². The quantitative estimate of drug-likeness (QED) is 0.313. The second-order valence-corrected chi connectivity index (χ2v) is 12.9. The molecule has 0 unspecified atom stereocenters. The average molecular weight is 510 g/mol. The third-order valence-electron chi connectivity index (χ3n) is 10.0. The normalized spacial score (nSPS) is 28.8. The molecular formula is C33H39N3O2. The highest BCUT2D eigenvalue weighted by Crippen LogP contribution is 2.60. The number of rotatable bonds is 5. The fourth-order valence-electron chi connectivity index (χ4n) is 8.51. The van der Waals surface area contributed by atoms with E-state index in [1.807, 2.05) is 30.3 Å². The van der Waals surface area contributed by atoms with Crippen LogP contribution in [0.2, 0.25) is 0 Å². The van der Waals surface area contributed by atoms with Gasteiger partial charge in [-0.1, -0.05) is 37.8 Å². The fourth-order valence-corrected chi connectivity index (χ4v) is 8.51. The van der Waals surface area contributed by atoms with Gasteiger partial charge in [0.25, 0.3) is 5.91 Å². The zero-order valence-corrected chi connectivity index (χ0v) is 22.2. The van der Waals surface area contributed by atoms with Crippen molar-refractivity contribution in [1.29, 1.82) is 0 Å². The van der Waals surface area contributed by atoms with Gasteiger partial charge in [-0.25, -0.2) is 0 Å². The van der Waals surface area contributed by atoms with Gasteiger partial charge in [-0.3, -0.25) is 9.59 Å². The first kappa shape index (κ1) is 24.0. The van der Waals surface area contributed by atoms with Gasteiger partial charge in [0.1, 0.15) is 0 Å². The van der Waals surface area contributed by atoms with Crippen LogP contribution in [0.15, 0.2) is 48.5 Å². The number of hydrogen-bond acceptors (Lipinski definition) is 2. The number of benzene rings is 2. The van der Waals surface area contributed by atoms with Crippen molar-refractivity contribution in [3.63, 3.8) is 0 Å². The van der Waals surface area contributed by atoms with E-state index in [2.05, 4.69) is 33.8 Å². The number of anilines is 1. The predicted octanol–water partition coefficient (Wildman–Crippen LogP) is 7.44. The van der Waals surface area contributed by atoms with E-state index in [4.69, 9.17) is 0 Å². The van der Waals surface area contributed by atoms with Crippen LogP contribution in [0.3, 0.4) is 0 Å². The molecule has 5 heteroatoms. The molecular weight excluding hydrogens is 470 g/mol. The summed E-state index contributed by atoms with van der Waals surface area (Å²) in [5.74, 6) is 2.56. The van der Waals surface area contributed by atoms with Crippen molar-refractivity contribution in [2.75, 3.05) is 5.32 Å². The molecule has 2 aromatic carbocycles. The van der Waals surface area contributed by atoms with E-state index in [1.54, 1.807) is 0 Å². The van der Waals surface area contributed by atoms with E-state index in [-0.39, 0.29) is 17.2 Å². The monoisotopic (exact) mass is 509 g/mol. The number of aromatic amines is 1. The Labute approximate surface area is 225 Å². The fraction of sp³-hybridized carbons (Fsp3) is 0.515. The van der Waals surface area contributed by atoms with Gasteiger partial charge in [-0.2, -0.15) is 0 Å². The minimum absolute atomic E-state index is 0.0284. The molecule has 3 N–H and O–H groups in total. The number of fused-ring (bicyclic) bond motifs is 1. The van der Waals surface area contributed by atoms with E-state index >= 15 is 0 Å². The van der Waals surface area contributed by atoms with Gasteiger partial charge >= 0.3 is 0 Å². The molecule has 8 rings (SSSR count). The maximum Gasteiger partial charge on any atom is 0.251 e. The number of carbonyl (C=O) groups is 2. The maximum atomic E-state index is 13.4. The van der Waals surface area contributed by atoms with Gasteiger partial charge in [-0.15, -0.1) is 0 Å². The number of aromatic nitrogens is 1. The molecule has 5 aliphatic rings. The first-order valence-electron chi connectivity index (χ1n) is 14.9. The van der Waals surface area contributed by atoms with E-state index < -0.39 is 0 Å². The molecule has 5 saturated carbocycles. The highest BCUT2D eigenvalue weighted by molar-refractivity contribution is 5.99. The highest BCUT2D eigenvalue weighted by atomic mass is 16.2. The van der Waals surface area contributed by atoms with Gasteiger partial charge in [0.15, 0.2) is 0 Å². The molecule has 5 fully saturated rings. The van der Waals surface area contributed by atoms with E-state index in [0.717, 1.165) is 83.3 Å². The lowest BCUT2D eigenvalue weighted by Crippen LogP contribution is -2.51. The molecule has 4 bridgehead atoms. The van der Waals surface area contributed by atoms with Gasteiger partial charge < -0.3 is 15.6 Å². The Bertz CT molecular complexity index is 1310. The summed E-state index contributed by atoms with van der Waals surface area (Å²) in [7, 11) is 0. The van der Waals surface area contributed by atoms with Crippen LogP contribution in [-0.2, 0) is 4.79 Å². The van der Waals surface area contributed by atoms with Crippen LogP contribution >= 0.6 is 0 Å². The molecule has 0 spiro atoms. The molecule has 0 atom stereocenters. The zero-order chi connectivity index (χ0) is 25.7. The molecule has 1 aromatic heterocycles. The summed E-state index contributed by atoms with van der Waals surface area (Å²) >= 11 is 0. The highest BCUT2D eigenvalue weighted by Gasteiger charge is 2.54. The third kappa shape index (κ3) is 4.54. The summed E-state index contributed by atoms with van der Waals surface area (Å²) < 4.78 is 0. The average Bonchev–Trinajstić information content (AvgIpc) is 3.17. The summed E-state index contributed by atoms with van der Waals surface area (Å²) in [5, 5.41) is 7.56. The molecule has 0 aliphatic heterocycles. The smallest absolute Gasteiger partial charge is 0.251 e. The lowest BCUT2D eigenvalue weighted by molar-refractivity contribution is -0.140. The first-order chi connectivity index (χ1) is 18.5. The first-order valence-corrected chi connectivity index (χ1v) is 14.9. The molecule has 5 nitrogen and oxygen atoms in total. The summed E-state index contributed by atoms with van der Waals surface area (Å²) in [6, 6.07) is 16.5. The largest absolute Gasteiger partial charge is 0.355 e. The summed E-state index contributed by atoms with van der Waals surface area (Å²) in [6.07, 6.45) is 14.4. The molecule has 0 saturated heterocycles. The Kier molecular flexibility index (Phi) is 6.05. The van der Waals surface area contributed by atoms with Gasteiger partial charge in [0, 0.05) is 33.9 Å². The van der Waals surface area contributed by atoms with Crippen LogP contribution in [0.1, 0.15) is 87.4 Å². The van der Waals surface area contributed by atoms with E-state index in [0.29, 0.717) is 6.04 Å². The molecule has 3 aromatic rings. The lowest BCUT2D eigenvalue weighted by atomic mass is 9.49. The van der Waals surface area contributed by atoms with Crippen molar-refractivity contribution in [2.45, 2.75) is 83.1 Å². The van der Waals surface area contributed by atoms with Crippen LogP contribution < -0.4 is 10.6 Å². The van der Waals surface area contributed by atoms with Crippen LogP contribution in [0.25, 0.3) is 22.2 Å². The summed E-state index contributed by atoms with van der Waals surface area (Å²) in [6.45, 7) is 0. The van der Waals surface area contributed by atoms with E-state index in [1.165, 1.54) is 44.9 Å². The number of amides is 2. The SMILES string of the molecule is O=C(NC1CCCCCC1)c1ccc2[nH]c(-c3ccc(NC(=O)C45CC6CC(CC(C6)C4)C5)cc3)cc2c1. The van der Waals surface area contributed by atoms with Gasteiger partial charge in [0.2, 0.25) is 5.91 Å². The van der Waals surface area contributed by atoms with Crippen LogP contribution in [0, 0.1) is 23.2 Å². The minimum Gasteiger partial charge on any atom is -0.355 e. The molecule has 2 amide bonds. The third-order valence-corrected chi connectivity index (χ3v) is 10.0. The molecule has 38 heavy (non-hydrogen) atoms. The van der Waals surface area contributed by atoms with E-state index in [9.17, 15) is 9.59 Å². The Hall–Kier alpha value is -3.08. The lowest BCUT2D eigenvalue weighted by Gasteiger charge is -2.55. The van der Waals surface area contributed by atoms with Crippen molar-refractivity contribution in [3.8, 4) is 11.3 Å².